The predicted octanol–water partition coefficient (Wildman–Crippen LogP) is 3.31. The molecule has 1 N–H and O–H groups in total. The number of nitrogens with zero attached hydrogens (tertiary/aromatic N) is 7. The summed E-state index contributed by atoms with van der Waals surface area (Å²) in [5, 5.41) is 0.961. The highest BCUT2D eigenvalue weighted by Gasteiger charge is 2.30. The van der Waals surface area contributed by atoms with Gasteiger partial charge in [-0.15, -0.1) is 11.3 Å². The molecular formula is C23H21FN8OS. The van der Waals surface area contributed by atoms with Gasteiger partial charge in [-0.2, -0.15) is 0 Å². The summed E-state index contributed by atoms with van der Waals surface area (Å²) in [5.74, 6) is 0.217. The lowest BCUT2D eigenvalue weighted by Crippen LogP contribution is -2.54. The summed E-state index contributed by atoms with van der Waals surface area (Å²) in [6, 6.07) is 8.57. The number of H-pyrrole nitrogens is 1. The van der Waals surface area contributed by atoms with Crippen molar-refractivity contribution < 1.29 is 9.18 Å². The van der Waals surface area contributed by atoms with Crippen molar-refractivity contribution in [2.24, 2.45) is 0 Å². The molecule has 1 aliphatic heterocycles. The molecule has 1 fully saturated rings. The minimum atomic E-state index is -0.363. The smallest absolute Gasteiger partial charge is 0.242 e. The molecule has 0 aliphatic carbocycles. The molecule has 9 nitrogen and oxygen atoms in total. The van der Waals surface area contributed by atoms with Crippen LogP contribution in [0.3, 0.4) is 0 Å². The van der Waals surface area contributed by atoms with Crippen molar-refractivity contribution in [2.45, 2.75) is 19.5 Å². The van der Waals surface area contributed by atoms with Gasteiger partial charge in [0.05, 0.1) is 17.4 Å². The van der Waals surface area contributed by atoms with Crippen LogP contribution in [0, 0.1) is 5.82 Å². The number of piperazine rings is 1. The zero-order valence-electron chi connectivity index (χ0n) is 18.3. The number of hydrogen-bond donors (Lipinski definition) is 1. The van der Waals surface area contributed by atoms with E-state index in [0.29, 0.717) is 47.8 Å². The third-order valence-corrected chi connectivity index (χ3v) is 7.04. The molecule has 11 heteroatoms. The first-order chi connectivity index (χ1) is 16.6. The maximum absolute atomic E-state index is 14.1. The zero-order valence-corrected chi connectivity index (χ0v) is 19.2. The predicted molar refractivity (Wildman–Crippen MR) is 128 cm³/mol. The average Bonchev–Trinajstić information content (AvgIpc) is 3.58. The van der Waals surface area contributed by atoms with E-state index in [1.54, 1.807) is 34.7 Å². The van der Waals surface area contributed by atoms with Gasteiger partial charge in [0.1, 0.15) is 28.3 Å². The Morgan fingerprint density at radius 3 is 2.97 bits per heavy atom. The second-order valence-corrected chi connectivity index (χ2v) is 9.16. The molecule has 1 aromatic carbocycles. The normalized spacial score (nSPS) is 16.6. The van der Waals surface area contributed by atoms with Crippen LogP contribution in [0.4, 0.5) is 9.39 Å². The minimum Gasteiger partial charge on any atom is -0.358 e. The van der Waals surface area contributed by atoms with Crippen LogP contribution >= 0.6 is 11.3 Å². The minimum absolute atomic E-state index is 0.00654. The number of aromatic nitrogens is 6. The Morgan fingerprint density at radius 1 is 1.21 bits per heavy atom. The number of fused-ring (bicyclic) bond motifs is 2. The molecule has 0 radical (unpaired) electrons. The van der Waals surface area contributed by atoms with Crippen molar-refractivity contribution in [1.82, 2.24) is 34.4 Å². The Morgan fingerprint density at radius 2 is 2.12 bits per heavy atom. The van der Waals surface area contributed by atoms with Crippen LogP contribution in [-0.4, -0.2) is 66.0 Å². The maximum atomic E-state index is 14.1. The molecule has 1 saturated heterocycles. The third-order valence-electron chi connectivity index (χ3n) is 6.15. The molecule has 5 aromatic rings. The number of rotatable bonds is 4. The Labute approximate surface area is 197 Å². The molecule has 1 amide bonds. The van der Waals surface area contributed by atoms with Crippen molar-refractivity contribution in [2.75, 3.05) is 24.5 Å². The van der Waals surface area contributed by atoms with Gasteiger partial charge in [-0.25, -0.2) is 24.3 Å². The lowest BCUT2D eigenvalue weighted by molar-refractivity contribution is -0.134. The fourth-order valence-electron chi connectivity index (χ4n) is 4.50. The summed E-state index contributed by atoms with van der Waals surface area (Å²) in [6.45, 7) is 4.17. The molecule has 6 rings (SSSR count). The van der Waals surface area contributed by atoms with Crippen LogP contribution in [0.2, 0.25) is 0 Å². The summed E-state index contributed by atoms with van der Waals surface area (Å²) in [4.78, 5) is 38.0. The van der Waals surface area contributed by atoms with Crippen LogP contribution in [0.5, 0.6) is 0 Å². The van der Waals surface area contributed by atoms with Crippen LogP contribution in [0.25, 0.3) is 33.7 Å². The molecule has 1 atom stereocenters. The first-order valence-electron chi connectivity index (χ1n) is 11.0. The molecule has 172 valence electrons. The summed E-state index contributed by atoms with van der Waals surface area (Å²) < 4.78 is 15.9. The van der Waals surface area contributed by atoms with E-state index in [-0.39, 0.29) is 24.3 Å². The van der Waals surface area contributed by atoms with Gasteiger partial charge in [-0.05, 0) is 31.2 Å². The van der Waals surface area contributed by atoms with Crippen molar-refractivity contribution in [3.8, 4) is 11.5 Å². The number of benzene rings is 1. The third kappa shape index (κ3) is 3.48. The van der Waals surface area contributed by atoms with Crippen LogP contribution in [-0.2, 0) is 11.3 Å². The van der Waals surface area contributed by atoms with E-state index in [0.717, 1.165) is 10.5 Å². The van der Waals surface area contributed by atoms with E-state index in [1.165, 1.54) is 17.4 Å². The number of nitrogens with one attached hydrogen (secondary N) is 1. The fraction of sp³-hybridized carbons (Fsp3) is 0.261. The number of amides is 1. The molecule has 0 unspecified atom stereocenters. The van der Waals surface area contributed by atoms with Gasteiger partial charge in [0.2, 0.25) is 5.91 Å². The SMILES string of the molecule is C[C@@H]1CN(c2scnc2-c2nc3c(F)cccc3[nH]2)CCN1C(=O)Cn1cnc2cccnc21. The number of pyridine rings is 1. The summed E-state index contributed by atoms with van der Waals surface area (Å²) in [7, 11) is 0. The van der Waals surface area contributed by atoms with Crippen molar-refractivity contribution in [1.29, 1.82) is 0 Å². The molecule has 0 saturated carbocycles. The molecule has 0 bridgehead atoms. The first kappa shape index (κ1) is 20.7. The van der Waals surface area contributed by atoms with Gasteiger partial charge in [0.25, 0.3) is 0 Å². The van der Waals surface area contributed by atoms with Crippen molar-refractivity contribution in [3.05, 3.63) is 54.2 Å². The maximum Gasteiger partial charge on any atom is 0.242 e. The second-order valence-electron chi connectivity index (χ2n) is 8.33. The summed E-state index contributed by atoms with van der Waals surface area (Å²) >= 11 is 1.52. The number of carbonyl (C=O) groups excluding carboxylic acids is 1. The van der Waals surface area contributed by atoms with Crippen molar-refractivity contribution >= 4 is 44.4 Å². The fourth-order valence-corrected chi connectivity index (χ4v) is 5.33. The topological polar surface area (TPSA) is 95.8 Å². The number of imidazole rings is 2. The number of para-hydroxylation sites is 1. The Balaban J connectivity index is 1.19. The average molecular weight is 477 g/mol. The monoisotopic (exact) mass is 476 g/mol. The molecule has 0 spiro atoms. The lowest BCUT2D eigenvalue weighted by Gasteiger charge is -2.40. The Bertz CT molecular complexity index is 1510. The molecule has 1 aliphatic rings. The van der Waals surface area contributed by atoms with E-state index < -0.39 is 0 Å². The number of aromatic amines is 1. The van der Waals surface area contributed by atoms with E-state index in [1.807, 2.05) is 24.0 Å². The molecular weight excluding hydrogens is 455 g/mol. The summed E-state index contributed by atoms with van der Waals surface area (Å²) in [6.07, 6.45) is 3.37. The number of carbonyl (C=O) groups is 1. The van der Waals surface area contributed by atoms with Crippen LogP contribution < -0.4 is 4.90 Å². The van der Waals surface area contributed by atoms with Crippen LogP contribution in [0.15, 0.2) is 48.4 Å². The molecule has 4 aromatic heterocycles. The van der Waals surface area contributed by atoms with E-state index in [2.05, 4.69) is 29.8 Å². The lowest BCUT2D eigenvalue weighted by atomic mass is 10.2. The van der Waals surface area contributed by atoms with E-state index in [4.69, 9.17) is 0 Å². The summed E-state index contributed by atoms with van der Waals surface area (Å²) in [5.41, 5.74) is 4.90. The van der Waals surface area contributed by atoms with E-state index >= 15 is 0 Å². The quantitative estimate of drug-likeness (QED) is 0.428. The zero-order chi connectivity index (χ0) is 23.2. The first-order valence-corrected chi connectivity index (χ1v) is 11.8. The largest absolute Gasteiger partial charge is 0.358 e. The number of halogens is 1. The van der Waals surface area contributed by atoms with E-state index in [9.17, 15) is 9.18 Å². The van der Waals surface area contributed by atoms with Gasteiger partial charge in [0, 0.05) is 31.9 Å². The highest BCUT2D eigenvalue weighted by atomic mass is 32.1. The van der Waals surface area contributed by atoms with Gasteiger partial charge >= 0.3 is 0 Å². The number of anilines is 1. The number of hydrogen-bond acceptors (Lipinski definition) is 7. The second kappa shape index (κ2) is 8.17. The number of thiazole rings is 1. The van der Waals surface area contributed by atoms with Gasteiger partial charge < -0.3 is 19.4 Å². The van der Waals surface area contributed by atoms with Gasteiger partial charge in [0.15, 0.2) is 17.3 Å². The highest BCUT2D eigenvalue weighted by molar-refractivity contribution is 7.14. The molecule has 5 heterocycles. The van der Waals surface area contributed by atoms with Gasteiger partial charge in [-0.1, -0.05) is 6.07 Å². The Kier molecular flexibility index (Phi) is 4.98. The van der Waals surface area contributed by atoms with Gasteiger partial charge in [-0.3, -0.25) is 4.79 Å². The standard InChI is InChI=1S/C23H21FN8OS/c1-14-10-30(8-9-32(14)18(33)11-31-12-26-17-6-3-7-25-22(17)31)23-20(27-13-34-23)21-28-16-5-2-4-15(24)19(16)29-21/h2-7,12-14H,8-11H2,1H3,(H,28,29)/t14-/m1/s1. The Hall–Kier alpha value is -3.86. The highest BCUT2D eigenvalue weighted by Crippen LogP contribution is 2.34. The van der Waals surface area contributed by atoms with Crippen molar-refractivity contribution in [3.63, 3.8) is 0 Å². The van der Waals surface area contributed by atoms with Crippen LogP contribution in [0.1, 0.15) is 6.92 Å². The molecule has 34 heavy (non-hydrogen) atoms.